The monoisotopic (exact) mass is 1420 g/mol. The van der Waals surface area contributed by atoms with Gasteiger partial charge in [-0.3, -0.25) is 37.3 Å². The number of aliphatic hydroxyl groups is 1. The number of phosphoric acid groups is 2. The summed E-state index contributed by atoms with van der Waals surface area (Å²) in [6.45, 7) is 11.9. The molecule has 0 saturated carbocycles. The summed E-state index contributed by atoms with van der Waals surface area (Å²) in [5.41, 5.74) is 0. The van der Waals surface area contributed by atoms with Crippen LogP contribution in [0.4, 0.5) is 0 Å². The maximum Gasteiger partial charge on any atom is 0.472 e. The van der Waals surface area contributed by atoms with Gasteiger partial charge in [-0.1, -0.05) is 350 Å². The molecule has 19 heteroatoms. The van der Waals surface area contributed by atoms with Crippen molar-refractivity contribution in [2.75, 3.05) is 39.6 Å². The highest BCUT2D eigenvalue weighted by Crippen LogP contribution is 2.45. The number of hydrogen-bond acceptors (Lipinski definition) is 15. The SMILES string of the molecule is CCCCCCCCCCCCCCCCCCCCC(=O)O[C@H](COC(=O)CCCCCCCCCCCCCCC(C)C)COP(=O)(O)OC[C@@H](O)COP(=O)(O)OC[C@@H](COC(=O)CCCCCCCCC(C)C)OC(=O)CCCCCCCCCCCCCCC(C)C. The van der Waals surface area contributed by atoms with Gasteiger partial charge in [0.15, 0.2) is 12.2 Å². The highest BCUT2D eigenvalue weighted by atomic mass is 31.2. The molecule has 0 spiro atoms. The van der Waals surface area contributed by atoms with E-state index in [1.807, 2.05) is 0 Å². The molecule has 0 aromatic rings. The summed E-state index contributed by atoms with van der Waals surface area (Å²) >= 11 is 0. The number of rotatable bonds is 76. The molecule has 0 rings (SSSR count). The second kappa shape index (κ2) is 68.5. The fourth-order valence-electron chi connectivity index (χ4n) is 12.0. The Bertz CT molecular complexity index is 1890. The largest absolute Gasteiger partial charge is 0.472 e. The van der Waals surface area contributed by atoms with E-state index < -0.39 is 97.5 Å². The third-order valence-electron chi connectivity index (χ3n) is 18.1. The number of hydrogen-bond donors (Lipinski definition) is 3. The molecule has 0 aromatic carbocycles. The Morgan fingerprint density at radius 1 is 0.278 bits per heavy atom. The number of unbranched alkanes of at least 4 members (excludes halogenated alkanes) is 44. The zero-order chi connectivity index (χ0) is 71.6. The lowest BCUT2D eigenvalue weighted by atomic mass is 10.0. The highest BCUT2D eigenvalue weighted by Gasteiger charge is 2.30. The van der Waals surface area contributed by atoms with Gasteiger partial charge in [0.05, 0.1) is 26.4 Å². The smallest absolute Gasteiger partial charge is 0.462 e. The first-order valence-electron chi connectivity index (χ1n) is 40.3. The first-order chi connectivity index (χ1) is 46.7. The molecule has 5 atom stereocenters. The molecule has 17 nitrogen and oxygen atoms in total. The average molecular weight is 1420 g/mol. The van der Waals surface area contributed by atoms with Gasteiger partial charge in [-0.2, -0.15) is 0 Å². The second-order valence-corrected chi connectivity index (χ2v) is 32.4. The first-order valence-corrected chi connectivity index (χ1v) is 43.3. The highest BCUT2D eigenvalue weighted by molar-refractivity contribution is 7.47. The average Bonchev–Trinajstić information content (AvgIpc) is 3.01. The fourth-order valence-corrected chi connectivity index (χ4v) is 13.5. The van der Waals surface area contributed by atoms with Crippen molar-refractivity contribution in [1.29, 1.82) is 0 Å². The lowest BCUT2D eigenvalue weighted by molar-refractivity contribution is -0.161. The van der Waals surface area contributed by atoms with Crippen LogP contribution in [0.25, 0.3) is 0 Å². The molecule has 3 N–H and O–H groups in total. The Labute approximate surface area is 594 Å². The Hall–Kier alpha value is -1.94. The fraction of sp³-hybridized carbons (Fsp3) is 0.949. The Balaban J connectivity index is 5.23. The van der Waals surface area contributed by atoms with Crippen LogP contribution in [-0.4, -0.2) is 96.7 Å². The van der Waals surface area contributed by atoms with E-state index in [1.165, 1.54) is 205 Å². The van der Waals surface area contributed by atoms with Crippen LogP contribution < -0.4 is 0 Å². The van der Waals surface area contributed by atoms with E-state index >= 15 is 0 Å². The predicted octanol–water partition coefficient (Wildman–Crippen LogP) is 23.0. The van der Waals surface area contributed by atoms with Gasteiger partial charge >= 0.3 is 39.5 Å². The van der Waals surface area contributed by atoms with E-state index in [2.05, 4.69) is 48.5 Å². The molecule has 0 saturated heterocycles. The third-order valence-corrected chi connectivity index (χ3v) is 20.0. The lowest BCUT2D eigenvalue weighted by Gasteiger charge is -2.21. The van der Waals surface area contributed by atoms with Gasteiger partial charge in [-0.15, -0.1) is 0 Å². The minimum atomic E-state index is -4.96. The minimum Gasteiger partial charge on any atom is -0.462 e. The van der Waals surface area contributed by atoms with Gasteiger partial charge in [0.25, 0.3) is 0 Å². The van der Waals surface area contributed by atoms with Gasteiger partial charge in [-0.05, 0) is 43.4 Å². The molecule has 0 radical (unpaired) electrons. The summed E-state index contributed by atoms with van der Waals surface area (Å²) in [6, 6.07) is 0. The van der Waals surface area contributed by atoms with Crippen molar-refractivity contribution in [1.82, 2.24) is 0 Å². The lowest BCUT2D eigenvalue weighted by Crippen LogP contribution is -2.30. The maximum absolute atomic E-state index is 13.1. The number of esters is 4. The van der Waals surface area contributed by atoms with Crippen LogP contribution in [0, 0.1) is 17.8 Å². The van der Waals surface area contributed by atoms with Crippen LogP contribution in [0.3, 0.4) is 0 Å². The standard InChI is InChI=1S/C78H152O17P2/c1-8-9-10-11-12-13-14-15-16-17-18-19-20-28-33-38-47-54-61-77(82)94-73(65-88-75(80)59-52-45-37-32-27-23-21-25-30-35-42-49-56-69(2)3)67-92-96(84,85)90-63-72(79)64-91-97(86,87)93-68-74(66-89-76(81)60-53-46-41-40-44-51-58-71(6)7)95-78(83)62-55-48-39-34-29-24-22-26-31-36-43-50-57-70(4)5/h69-74,79H,8-68H2,1-7H3,(H,84,85)(H,86,87)/t72-,73-,74-/m1/s1. The van der Waals surface area contributed by atoms with Crippen molar-refractivity contribution in [2.45, 2.75) is 420 Å². The maximum atomic E-state index is 13.1. The van der Waals surface area contributed by atoms with Crippen LogP contribution in [0.1, 0.15) is 402 Å². The zero-order valence-electron chi connectivity index (χ0n) is 63.5. The number of aliphatic hydroxyl groups excluding tert-OH is 1. The van der Waals surface area contributed by atoms with Crippen molar-refractivity contribution < 1.29 is 80.2 Å². The predicted molar refractivity (Wildman–Crippen MR) is 395 cm³/mol. The summed E-state index contributed by atoms with van der Waals surface area (Å²) in [5, 5.41) is 10.6. The van der Waals surface area contributed by atoms with Crippen molar-refractivity contribution in [3.05, 3.63) is 0 Å². The second-order valence-electron chi connectivity index (χ2n) is 29.5. The van der Waals surface area contributed by atoms with Crippen LogP contribution in [0.2, 0.25) is 0 Å². The minimum absolute atomic E-state index is 0.106. The Kier molecular flexibility index (Phi) is 67.1. The van der Waals surface area contributed by atoms with E-state index in [9.17, 15) is 43.2 Å². The zero-order valence-corrected chi connectivity index (χ0v) is 65.3. The van der Waals surface area contributed by atoms with Crippen LogP contribution >= 0.6 is 15.6 Å². The third kappa shape index (κ3) is 72.2. The normalized spacial score (nSPS) is 14.0. The van der Waals surface area contributed by atoms with Crippen LogP contribution in [0.5, 0.6) is 0 Å². The molecular weight excluding hydrogens is 1270 g/mol. The van der Waals surface area contributed by atoms with E-state index in [1.54, 1.807) is 0 Å². The van der Waals surface area contributed by atoms with E-state index in [0.29, 0.717) is 31.6 Å². The number of phosphoric ester groups is 2. The van der Waals surface area contributed by atoms with Crippen molar-refractivity contribution in [2.24, 2.45) is 17.8 Å². The molecule has 0 amide bonds. The number of ether oxygens (including phenoxy) is 4. The molecule has 0 aliphatic heterocycles. The molecule has 0 bridgehead atoms. The topological polar surface area (TPSA) is 237 Å². The Morgan fingerprint density at radius 3 is 0.701 bits per heavy atom. The summed E-state index contributed by atoms with van der Waals surface area (Å²) < 4.78 is 68.6. The number of carbonyl (C=O) groups is 4. The van der Waals surface area contributed by atoms with E-state index in [-0.39, 0.29) is 25.7 Å². The molecule has 0 fully saturated rings. The molecule has 0 heterocycles. The molecular formula is C78H152O17P2. The van der Waals surface area contributed by atoms with Crippen molar-refractivity contribution >= 4 is 39.5 Å². The van der Waals surface area contributed by atoms with Crippen molar-refractivity contribution in [3.8, 4) is 0 Å². The molecule has 2 unspecified atom stereocenters. The summed E-state index contributed by atoms with van der Waals surface area (Å²) in [4.78, 5) is 72.9. The summed E-state index contributed by atoms with van der Waals surface area (Å²) in [5.74, 6) is 0.121. The molecule has 97 heavy (non-hydrogen) atoms. The van der Waals surface area contributed by atoms with E-state index in [0.717, 1.165) is 108 Å². The van der Waals surface area contributed by atoms with Crippen LogP contribution in [-0.2, 0) is 65.4 Å². The van der Waals surface area contributed by atoms with Crippen molar-refractivity contribution in [3.63, 3.8) is 0 Å². The quantitative estimate of drug-likeness (QED) is 0.0222. The molecule has 0 aliphatic rings. The molecule has 576 valence electrons. The molecule has 0 aliphatic carbocycles. The first kappa shape index (κ1) is 95.1. The van der Waals surface area contributed by atoms with Gasteiger partial charge in [0.1, 0.15) is 19.3 Å². The van der Waals surface area contributed by atoms with Gasteiger partial charge in [-0.25, -0.2) is 9.13 Å². The Morgan fingerprint density at radius 2 is 0.474 bits per heavy atom. The van der Waals surface area contributed by atoms with Crippen LogP contribution in [0.15, 0.2) is 0 Å². The summed E-state index contributed by atoms with van der Waals surface area (Å²) in [7, 11) is -9.92. The van der Waals surface area contributed by atoms with Gasteiger partial charge < -0.3 is 33.8 Å². The number of carbonyl (C=O) groups excluding carboxylic acids is 4. The summed E-state index contributed by atoms with van der Waals surface area (Å²) in [6.07, 6.45) is 55.6. The van der Waals surface area contributed by atoms with Gasteiger partial charge in [0.2, 0.25) is 0 Å². The van der Waals surface area contributed by atoms with Gasteiger partial charge in [0, 0.05) is 25.7 Å². The molecule has 0 aromatic heterocycles. The van der Waals surface area contributed by atoms with E-state index in [4.69, 9.17) is 37.0 Å².